The van der Waals surface area contributed by atoms with Crippen molar-refractivity contribution in [1.82, 2.24) is 14.8 Å². The number of aromatic nitrogens is 3. The van der Waals surface area contributed by atoms with Gasteiger partial charge in [-0.05, 0) is 18.6 Å². The largest absolute Gasteiger partial charge is 0.419 e. The number of aryl methyl sites for hydroxylation is 1. The zero-order chi connectivity index (χ0) is 15.5. The van der Waals surface area contributed by atoms with Gasteiger partial charge in [-0.3, -0.25) is 4.79 Å². The van der Waals surface area contributed by atoms with Crippen molar-refractivity contribution in [1.29, 1.82) is 0 Å². The molecule has 22 heavy (non-hydrogen) atoms. The minimum atomic E-state index is -0.409. The lowest BCUT2D eigenvalue weighted by atomic mass is 10.2. The Bertz CT molecular complexity index is 803. The molecule has 1 aromatic carbocycles. The summed E-state index contributed by atoms with van der Waals surface area (Å²) >= 11 is 0. The fraction of sp³-hybridized carbons (Fsp3) is 0.312. The van der Waals surface area contributed by atoms with E-state index < -0.39 is 5.91 Å². The molecule has 0 unspecified atom stereocenters. The highest BCUT2D eigenvalue weighted by molar-refractivity contribution is 5.87. The van der Waals surface area contributed by atoms with Crippen LogP contribution in [0.15, 0.2) is 34.7 Å². The van der Waals surface area contributed by atoms with Crippen molar-refractivity contribution >= 4 is 16.8 Å². The summed E-state index contributed by atoms with van der Waals surface area (Å²) in [6.45, 7) is 2.19. The van der Waals surface area contributed by atoms with Crippen molar-refractivity contribution in [3.63, 3.8) is 0 Å². The number of nitrogens with zero attached hydrogens (tertiary/aromatic N) is 3. The van der Waals surface area contributed by atoms with E-state index in [1.165, 1.54) is 0 Å². The van der Waals surface area contributed by atoms with Crippen LogP contribution in [0.1, 0.15) is 25.7 Å². The van der Waals surface area contributed by atoms with Crippen LogP contribution in [0.25, 0.3) is 22.5 Å². The third-order valence-corrected chi connectivity index (χ3v) is 3.55. The summed E-state index contributed by atoms with van der Waals surface area (Å²) in [6, 6.07) is 9.72. The van der Waals surface area contributed by atoms with Gasteiger partial charge in [-0.25, -0.2) is 0 Å². The molecule has 2 heterocycles. The molecule has 3 aromatic rings. The molecule has 0 radical (unpaired) electrons. The van der Waals surface area contributed by atoms with Gasteiger partial charge in [0.15, 0.2) is 0 Å². The predicted octanol–water partition coefficient (Wildman–Crippen LogP) is 2.52. The molecule has 0 fully saturated rings. The van der Waals surface area contributed by atoms with Gasteiger partial charge < -0.3 is 14.7 Å². The number of rotatable bonds is 6. The van der Waals surface area contributed by atoms with Crippen LogP contribution in [0.2, 0.25) is 0 Å². The maximum Gasteiger partial charge on any atom is 0.264 e. The number of carbonyl (C=O) groups excluding carboxylic acids is 1. The molecule has 0 aliphatic carbocycles. The number of primary amides is 1. The van der Waals surface area contributed by atoms with E-state index in [1.807, 2.05) is 34.9 Å². The van der Waals surface area contributed by atoms with Gasteiger partial charge >= 0.3 is 0 Å². The van der Waals surface area contributed by atoms with Crippen molar-refractivity contribution in [3.05, 3.63) is 36.2 Å². The van der Waals surface area contributed by atoms with E-state index in [1.54, 1.807) is 0 Å². The minimum Gasteiger partial charge on any atom is -0.419 e. The molecular formula is C16H18N4O2. The first kappa shape index (κ1) is 14.3. The molecule has 0 saturated carbocycles. The summed E-state index contributed by atoms with van der Waals surface area (Å²) in [4.78, 5) is 11.4. The number of para-hydroxylation sites is 1. The highest BCUT2D eigenvalue weighted by Gasteiger charge is 2.17. The third-order valence-electron chi connectivity index (χ3n) is 3.55. The van der Waals surface area contributed by atoms with Crippen molar-refractivity contribution < 1.29 is 9.21 Å². The number of hydrogen-bond acceptors (Lipinski definition) is 4. The van der Waals surface area contributed by atoms with E-state index in [2.05, 4.69) is 17.1 Å². The highest BCUT2D eigenvalue weighted by atomic mass is 16.4. The normalized spacial score (nSPS) is 11.1. The number of nitrogens with two attached hydrogens (primary N) is 1. The van der Waals surface area contributed by atoms with Crippen molar-refractivity contribution in [3.8, 4) is 11.6 Å². The number of hydrogen-bond donors (Lipinski definition) is 1. The average Bonchev–Trinajstić information content (AvgIpc) is 3.10. The molecule has 2 aromatic heterocycles. The Labute approximate surface area is 127 Å². The Hall–Kier alpha value is -2.63. The SMILES string of the molecule is CCCCc1nnc(-c2cc3ccccc3n2CC(N)=O)o1. The summed E-state index contributed by atoms with van der Waals surface area (Å²) in [5.41, 5.74) is 7.00. The monoisotopic (exact) mass is 298 g/mol. The van der Waals surface area contributed by atoms with E-state index in [-0.39, 0.29) is 6.54 Å². The van der Waals surface area contributed by atoms with Gasteiger partial charge in [-0.1, -0.05) is 31.5 Å². The quantitative estimate of drug-likeness (QED) is 0.757. The highest BCUT2D eigenvalue weighted by Crippen LogP contribution is 2.27. The maximum atomic E-state index is 11.4. The molecule has 114 valence electrons. The Morgan fingerprint density at radius 2 is 2.14 bits per heavy atom. The molecule has 1 amide bonds. The molecule has 6 nitrogen and oxygen atoms in total. The second-order valence-corrected chi connectivity index (χ2v) is 5.25. The van der Waals surface area contributed by atoms with Crippen LogP contribution in [0.3, 0.4) is 0 Å². The number of amides is 1. The molecular weight excluding hydrogens is 280 g/mol. The maximum absolute atomic E-state index is 11.4. The van der Waals surface area contributed by atoms with E-state index in [4.69, 9.17) is 10.2 Å². The molecule has 0 atom stereocenters. The lowest BCUT2D eigenvalue weighted by molar-refractivity contribution is -0.118. The first-order valence-corrected chi connectivity index (χ1v) is 7.38. The van der Waals surface area contributed by atoms with Crippen LogP contribution in [-0.2, 0) is 17.8 Å². The van der Waals surface area contributed by atoms with Gasteiger partial charge in [-0.15, -0.1) is 10.2 Å². The first-order valence-electron chi connectivity index (χ1n) is 7.38. The second kappa shape index (κ2) is 6.01. The minimum absolute atomic E-state index is 0.0789. The Morgan fingerprint density at radius 1 is 1.32 bits per heavy atom. The van der Waals surface area contributed by atoms with Crippen molar-refractivity contribution in [2.45, 2.75) is 32.7 Å². The molecule has 3 rings (SSSR count). The standard InChI is InChI=1S/C16H18N4O2/c1-2-3-8-15-18-19-16(22-15)13-9-11-6-4-5-7-12(11)20(13)10-14(17)21/h4-7,9H,2-3,8,10H2,1H3,(H2,17,21). The van der Waals surface area contributed by atoms with Crippen LogP contribution >= 0.6 is 0 Å². The molecule has 0 bridgehead atoms. The van der Waals surface area contributed by atoms with Crippen LogP contribution in [0, 0.1) is 0 Å². The Balaban J connectivity index is 2.05. The molecule has 0 spiro atoms. The van der Waals surface area contributed by atoms with Gasteiger partial charge in [-0.2, -0.15) is 0 Å². The Kier molecular flexibility index (Phi) is 3.91. The average molecular weight is 298 g/mol. The topological polar surface area (TPSA) is 86.9 Å². The summed E-state index contributed by atoms with van der Waals surface area (Å²) in [5.74, 6) is 0.629. The molecule has 0 aliphatic rings. The van der Waals surface area contributed by atoms with Crippen LogP contribution in [-0.4, -0.2) is 20.7 Å². The zero-order valence-electron chi connectivity index (χ0n) is 12.5. The van der Waals surface area contributed by atoms with Gasteiger partial charge in [0.05, 0.1) is 0 Å². The molecule has 0 saturated heterocycles. The van der Waals surface area contributed by atoms with E-state index in [9.17, 15) is 4.79 Å². The van der Waals surface area contributed by atoms with Crippen molar-refractivity contribution in [2.75, 3.05) is 0 Å². The summed E-state index contributed by atoms with van der Waals surface area (Å²) < 4.78 is 7.54. The summed E-state index contributed by atoms with van der Waals surface area (Å²) in [6.07, 6.45) is 2.84. The molecule has 2 N–H and O–H groups in total. The number of carbonyl (C=O) groups is 1. The third kappa shape index (κ3) is 2.72. The fourth-order valence-electron chi connectivity index (χ4n) is 2.50. The number of unbranched alkanes of at least 4 members (excludes halogenated alkanes) is 1. The summed E-state index contributed by atoms with van der Waals surface area (Å²) in [5, 5.41) is 9.19. The van der Waals surface area contributed by atoms with Crippen molar-refractivity contribution in [2.24, 2.45) is 5.73 Å². The van der Waals surface area contributed by atoms with Gasteiger partial charge in [0.1, 0.15) is 12.2 Å². The lowest BCUT2D eigenvalue weighted by Gasteiger charge is -2.05. The number of fused-ring (bicyclic) bond motifs is 1. The van der Waals surface area contributed by atoms with E-state index in [0.29, 0.717) is 11.8 Å². The van der Waals surface area contributed by atoms with Gasteiger partial charge in [0.2, 0.25) is 11.8 Å². The predicted molar refractivity (Wildman–Crippen MR) is 83.0 cm³/mol. The smallest absolute Gasteiger partial charge is 0.264 e. The lowest BCUT2D eigenvalue weighted by Crippen LogP contribution is -2.19. The molecule has 0 aliphatic heterocycles. The Morgan fingerprint density at radius 3 is 2.91 bits per heavy atom. The van der Waals surface area contributed by atoms with E-state index >= 15 is 0 Å². The fourth-order valence-corrected chi connectivity index (χ4v) is 2.50. The summed E-state index contributed by atoms with van der Waals surface area (Å²) in [7, 11) is 0. The van der Waals surface area contributed by atoms with E-state index in [0.717, 1.165) is 35.9 Å². The first-order chi connectivity index (χ1) is 10.7. The van der Waals surface area contributed by atoms with Crippen LogP contribution in [0.5, 0.6) is 0 Å². The van der Waals surface area contributed by atoms with Crippen LogP contribution < -0.4 is 5.73 Å². The zero-order valence-corrected chi connectivity index (χ0v) is 12.5. The molecule has 6 heteroatoms. The van der Waals surface area contributed by atoms with Crippen LogP contribution in [0.4, 0.5) is 0 Å². The second-order valence-electron chi connectivity index (χ2n) is 5.25. The van der Waals surface area contributed by atoms with Gasteiger partial charge in [0.25, 0.3) is 5.89 Å². The number of benzene rings is 1. The van der Waals surface area contributed by atoms with Gasteiger partial charge in [0, 0.05) is 17.3 Å².